The molecule has 0 spiro atoms. The molecule has 1 fully saturated rings. The minimum atomic E-state index is 0.0576. The van der Waals surface area contributed by atoms with Crippen LogP contribution in [0.1, 0.15) is 23.7 Å². The number of imidazole rings is 1. The number of fused-ring (bicyclic) bond motifs is 1. The number of hydrogen-bond donors (Lipinski definition) is 1. The smallest absolute Gasteiger partial charge is 0.254 e. The molecule has 3 rings (SSSR count). The summed E-state index contributed by atoms with van der Waals surface area (Å²) in [6, 6.07) is 3.88. The van der Waals surface area contributed by atoms with Crippen molar-refractivity contribution in [3.05, 3.63) is 36.3 Å². The van der Waals surface area contributed by atoms with Crippen LogP contribution in [0.2, 0.25) is 0 Å². The van der Waals surface area contributed by atoms with Crippen LogP contribution in [0.4, 0.5) is 0 Å². The van der Waals surface area contributed by atoms with Crippen LogP contribution in [0.5, 0.6) is 0 Å². The zero-order chi connectivity index (χ0) is 15.5. The van der Waals surface area contributed by atoms with Crippen LogP contribution in [0.15, 0.2) is 30.7 Å². The van der Waals surface area contributed by atoms with Crippen LogP contribution in [-0.2, 0) is 0 Å². The Morgan fingerprint density at radius 1 is 1.32 bits per heavy atom. The summed E-state index contributed by atoms with van der Waals surface area (Å²) in [5.74, 6) is 0.0576. The van der Waals surface area contributed by atoms with Crippen molar-refractivity contribution in [3.63, 3.8) is 0 Å². The third-order valence-corrected chi connectivity index (χ3v) is 4.44. The first-order valence-corrected chi connectivity index (χ1v) is 7.80. The molecule has 118 valence electrons. The second kappa shape index (κ2) is 6.46. The third kappa shape index (κ3) is 2.84. The van der Waals surface area contributed by atoms with Gasteiger partial charge in [-0.2, -0.15) is 0 Å². The highest BCUT2D eigenvalue weighted by Crippen LogP contribution is 2.13. The first-order valence-electron chi connectivity index (χ1n) is 7.80. The van der Waals surface area contributed by atoms with Gasteiger partial charge >= 0.3 is 0 Å². The maximum absolute atomic E-state index is 12.6. The molecule has 6 heteroatoms. The molecule has 0 bridgehead atoms. The first-order chi connectivity index (χ1) is 10.7. The molecule has 0 aliphatic carbocycles. The van der Waals surface area contributed by atoms with Crippen LogP contribution in [0.25, 0.3) is 5.65 Å². The molecule has 6 nitrogen and oxygen atoms in total. The van der Waals surface area contributed by atoms with E-state index in [0.717, 1.165) is 25.2 Å². The van der Waals surface area contributed by atoms with Gasteiger partial charge in [0.1, 0.15) is 5.65 Å². The van der Waals surface area contributed by atoms with Crippen molar-refractivity contribution < 1.29 is 9.90 Å². The molecule has 2 aromatic rings. The number of nitrogens with zero attached hydrogens (tertiary/aromatic N) is 4. The fraction of sp³-hybridized carbons (Fsp3) is 0.500. The molecule has 0 aromatic carbocycles. The van der Waals surface area contributed by atoms with E-state index in [1.165, 1.54) is 0 Å². The number of rotatable bonds is 4. The Balaban J connectivity index is 1.66. The second-order valence-electron chi connectivity index (χ2n) is 5.68. The number of aromatic nitrogens is 2. The van der Waals surface area contributed by atoms with Gasteiger partial charge in [0.25, 0.3) is 5.91 Å². The molecule has 3 heterocycles. The average molecular weight is 302 g/mol. The van der Waals surface area contributed by atoms with Gasteiger partial charge < -0.3 is 14.4 Å². The van der Waals surface area contributed by atoms with Gasteiger partial charge in [0.2, 0.25) is 0 Å². The van der Waals surface area contributed by atoms with E-state index in [-0.39, 0.29) is 18.6 Å². The average Bonchev–Trinajstić information content (AvgIpc) is 3.03. The van der Waals surface area contributed by atoms with Gasteiger partial charge in [-0.05, 0) is 18.6 Å². The van der Waals surface area contributed by atoms with Crippen molar-refractivity contribution in [1.82, 2.24) is 19.2 Å². The number of amides is 1. The molecule has 2 aromatic heterocycles. The molecular formula is C16H22N4O2. The Morgan fingerprint density at radius 2 is 2.09 bits per heavy atom. The summed E-state index contributed by atoms with van der Waals surface area (Å²) in [7, 11) is 0. The predicted molar refractivity (Wildman–Crippen MR) is 83.8 cm³/mol. The van der Waals surface area contributed by atoms with Gasteiger partial charge in [-0.1, -0.05) is 6.92 Å². The molecule has 1 aliphatic rings. The predicted octanol–water partition coefficient (Wildman–Crippen LogP) is 0.863. The zero-order valence-corrected chi connectivity index (χ0v) is 12.9. The first kappa shape index (κ1) is 15.0. The van der Waals surface area contributed by atoms with E-state index >= 15 is 0 Å². The lowest BCUT2D eigenvalue weighted by Gasteiger charge is -2.38. The van der Waals surface area contributed by atoms with Crippen molar-refractivity contribution in [1.29, 1.82) is 0 Å². The maximum atomic E-state index is 12.6. The van der Waals surface area contributed by atoms with Gasteiger partial charge in [-0.3, -0.25) is 9.69 Å². The summed E-state index contributed by atoms with van der Waals surface area (Å²) in [4.78, 5) is 21.0. The quantitative estimate of drug-likeness (QED) is 0.910. The van der Waals surface area contributed by atoms with E-state index in [9.17, 15) is 9.90 Å². The highest BCUT2D eigenvalue weighted by atomic mass is 16.3. The summed E-state index contributed by atoms with van der Waals surface area (Å²) in [6.45, 7) is 5.30. The number of aliphatic hydroxyl groups is 1. The third-order valence-electron chi connectivity index (χ3n) is 4.44. The number of carbonyl (C=O) groups excluding carboxylic acids is 1. The Kier molecular flexibility index (Phi) is 4.40. The normalized spacial score (nSPS) is 17.8. The van der Waals surface area contributed by atoms with Crippen LogP contribution in [-0.4, -0.2) is 69.0 Å². The lowest BCUT2D eigenvalue weighted by Crippen LogP contribution is -2.52. The molecule has 0 radical (unpaired) electrons. The molecule has 0 saturated carbocycles. The molecule has 1 N–H and O–H groups in total. The molecule has 22 heavy (non-hydrogen) atoms. The van der Waals surface area contributed by atoms with E-state index in [2.05, 4.69) is 16.8 Å². The van der Waals surface area contributed by atoms with E-state index in [1.54, 1.807) is 6.20 Å². The Bertz CT molecular complexity index is 642. The van der Waals surface area contributed by atoms with Crippen LogP contribution < -0.4 is 0 Å². The highest BCUT2D eigenvalue weighted by molar-refractivity contribution is 5.95. The monoisotopic (exact) mass is 302 g/mol. The minimum absolute atomic E-state index is 0.0576. The van der Waals surface area contributed by atoms with E-state index in [1.807, 2.05) is 33.8 Å². The minimum Gasteiger partial charge on any atom is -0.395 e. The standard InChI is InChI=1S/C16H22N4O2/c1-2-14(12-21)18-7-9-20(10-8-18)16(22)13-3-5-19-6-4-17-15(19)11-13/h3-6,11,14,21H,2,7-10,12H2,1H3. The number of pyridine rings is 1. The number of carbonyl (C=O) groups is 1. The van der Waals surface area contributed by atoms with E-state index in [4.69, 9.17) is 0 Å². The van der Waals surface area contributed by atoms with Gasteiger partial charge in [0, 0.05) is 56.4 Å². The van der Waals surface area contributed by atoms with Crippen LogP contribution >= 0.6 is 0 Å². The summed E-state index contributed by atoms with van der Waals surface area (Å²) < 4.78 is 1.89. The number of hydrogen-bond acceptors (Lipinski definition) is 4. The summed E-state index contributed by atoms with van der Waals surface area (Å²) in [5.41, 5.74) is 1.47. The maximum Gasteiger partial charge on any atom is 0.254 e. The summed E-state index contributed by atoms with van der Waals surface area (Å²) in [5, 5.41) is 9.38. The molecule has 1 amide bonds. The second-order valence-corrected chi connectivity index (χ2v) is 5.68. The zero-order valence-electron chi connectivity index (χ0n) is 12.9. The van der Waals surface area contributed by atoms with Gasteiger partial charge in [-0.25, -0.2) is 4.98 Å². The summed E-state index contributed by atoms with van der Waals surface area (Å²) >= 11 is 0. The van der Waals surface area contributed by atoms with Crippen molar-refractivity contribution in [3.8, 4) is 0 Å². The van der Waals surface area contributed by atoms with E-state index < -0.39 is 0 Å². The lowest BCUT2D eigenvalue weighted by atomic mass is 10.1. The topological polar surface area (TPSA) is 61.1 Å². The largest absolute Gasteiger partial charge is 0.395 e. The Labute approximate surface area is 130 Å². The fourth-order valence-corrected chi connectivity index (χ4v) is 3.02. The van der Waals surface area contributed by atoms with Crippen molar-refractivity contribution in [2.45, 2.75) is 19.4 Å². The van der Waals surface area contributed by atoms with Gasteiger partial charge in [-0.15, -0.1) is 0 Å². The Morgan fingerprint density at radius 3 is 2.77 bits per heavy atom. The summed E-state index contributed by atoms with van der Waals surface area (Å²) in [6.07, 6.45) is 6.38. The van der Waals surface area contributed by atoms with E-state index in [0.29, 0.717) is 18.7 Å². The van der Waals surface area contributed by atoms with Crippen LogP contribution in [0, 0.1) is 0 Å². The molecule has 1 aliphatic heterocycles. The van der Waals surface area contributed by atoms with Crippen LogP contribution in [0.3, 0.4) is 0 Å². The molecular weight excluding hydrogens is 280 g/mol. The number of piperazine rings is 1. The lowest BCUT2D eigenvalue weighted by molar-refractivity contribution is 0.0472. The molecule has 1 unspecified atom stereocenters. The molecule has 1 saturated heterocycles. The van der Waals surface area contributed by atoms with Crippen molar-refractivity contribution in [2.75, 3.05) is 32.8 Å². The Hall–Kier alpha value is -1.92. The van der Waals surface area contributed by atoms with Crippen molar-refractivity contribution >= 4 is 11.6 Å². The fourth-order valence-electron chi connectivity index (χ4n) is 3.02. The SMILES string of the molecule is CCC(CO)N1CCN(C(=O)c2ccn3ccnc3c2)CC1. The highest BCUT2D eigenvalue weighted by Gasteiger charge is 2.25. The van der Waals surface area contributed by atoms with Gasteiger partial charge in [0.15, 0.2) is 0 Å². The number of aliphatic hydroxyl groups excluding tert-OH is 1. The van der Waals surface area contributed by atoms with Gasteiger partial charge in [0.05, 0.1) is 6.61 Å². The molecule has 1 atom stereocenters. The van der Waals surface area contributed by atoms with Crippen molar-refractivity contribution in [2.24, 2.45) is 0 Å².